The van der Waals surface area contributed by atoms with Crippen LogP contribution in [0.5, 0.6) is 5.75 Å². The van der Waals surface area contributed by atoms with E-state index in [9.17, 15) is 14.7 Å². The highest BCUT2D eigenvalue weighted by Crippen LogP contribution is 2.39. The molecule has 1 atom stereocenters. The zero-order valence-electron chi connectivity index (χ0n) is 16.2. The molecule has 1 amide bonds. The third-order valence-corrected chi connectivity index (χ3v) is 4.70. The number of hydrogen-bond acceptors (Lipinski definition) is 6. The van der Waals surface area contributed by atoms with Crippen molar-refractivity contribution in [2.75, 3.05) is 34.3 Å². The summed E-state index contributed by atoms with van der Waals surface area (Å²) in [4.78, 5) is 29.0. The topological polar surface area (TPSA) is 83.2 Å². The number of benzene rings is 1. The maximum atomic E-state index is 12.8. The summed E-state index contributed by atoms with van der Waals surface area (Å²) in [6.45, 7) is 1.15. The Morgan fingerprint density at radius 2 is 2.04 bits per heavy atom. The van der Waals surface area contributed by atoms with E-state index in [1.807, 2.05) is 19.0 Å². The SMILES string of the molecule is COc1cccc(/C(O)=C2\C(=O)C(=O)N(CCCN(C)C)[C@@H]2c2ccco2)c1. The Kier molecular flexibility index (Phi) is 5.84. The van der Waals surface area contributed by atoms with Crippen molar-refractivity contribution in [2.24, 2.45) is 0 Å². The number of methoxy groups -OCH3 is 1. The maximum Gasteiger partial charge on any atom is 0.295 e. The van der Waals surface area contributed by atoms with Crippen molar-refractivity contribution in [1.29, 1.82) is 0 Å². The number of rotatable bonds is 7. The van der Waals surface area contributed by atoms with Gasteiger partial charge in [0.1, 0.15) is 23.3 Å². The Balaban J connectivity index is 2.04. The monoisotopic (exact) mass is 384 g/mol. The molecule has 0 radical (unpaired) electrons. The number of ether oxygens (including phenoxy) is 1. The lowest BCUT2D eigenvalue weighted by Gasteiger charge is -2.24. The first-order valence-corrected chi connectivity index (χ1v) is 9.05. The summed E-state index contributed by atoms with van der Waals surface area (Å²) in [5.74, 6) is -0.614. The number of aliphatic hydroxyl groups excluding tert-OH is 1. The van der Waals surface area contributed by atoms with Crippen molar-refractivity contribution in [3.05, 3.63) is 59.6 Å². The minimum Gasteiger partial charge on any atom is -0.507 e. The molecular formula is C21H24N2O5. The molecule has 3 rings (SSSR count). The second-order valence-corrected chi connectivity index (χ2v) is 6.90. The Hall–Kier alpha value is -3.06. The summed E-state index contributed by atoms with van der Waals surface area (Å²) in [7, 11) is 5.41. The van der Waals surface area contributed by atoms with Gasteiger partial charge in [0.2, 0.25) is 0 Å². The van der Waals surface area contributed by atoms with E-state index in [2.05, 4.69) is 0 Å². The van der Waals surface area contributed by atoms with E-state index in [4.69, 9.17) is 9.15 Å². The Morgan fingerprint density at radius 3 is 2.68 bits per heavy atom. The average Bonchev–Trinajstić information content (AvgIpc) is 3.29. The first-order chi connectivity index (χ1) is 13.4. The number of aliphatic hydroxyl groups is 1. The van der Waals surface area contributed by atoms with Crippen molar-refractivity contribution in [1.82, 2.24) is 9.80 Å². The molecule has 28 heavy (non-hydrogen) atoms. The number of furan rings is 1. The summed E-state index contributed by atoms with van der Waals surface area (Å²) >= 11 is 0. The van der Waals surface area contributed by atoms with Crippen molar-refractivity contribution >= 4 is 17.4 Å². The molecule has 2 heterocycles. The largest absolute Gasteiger partial charge is 0.507 e. The minimum atomic E-state index is -0.761. The van der Waals surface area contributed by atoms with E-state index >= 15 is 0 Å². The quantitative estimate of drug-likeness (QED) is 0.449. The smallest absolute Gasteiger partial charge is 0.295 e. The van der Waals surface area contributed by atoms with Gasteiger partial charge >= 0.3 is 0 Å². The molecule has 1 saturated heterocycles. The summed E-state index contributed by atoms with van der Waals surface area (Å²) in [6.07, 6.45) is 2.18. The fourth-order valence-electron chi connectivity index (χ4n) is 3.34. The summed E-state index contributed by atoms with van der Waals surface area (Å²) in [6, 6.07) is 9.37. The van der Waals surface area contributed by atoms with Crippen LogP contribution < -0.4 is 4.74 Å². The predicted molar refractivity (Wildman–Crippen MR) is 104 cm³/mol. The zero-order valence-corrected chi connectivity index (χ0v) is 16.2. The predicted octanol–water partition coefficient (Wildman–Crippen LogP) is 2.66. The average molecular weight is 384 g/mol. The molecule has 1 aromatic heterocycles. The molecule has 7 nitrogen and oxygen atoms in total. The number of nitrogens with zero attached hydrogens (tertiary/aromatic N) is 2. The molecule has 1 aliphatic heterocycles. The van der Waals surface area contributed by atoms with Crippen LogP contribution >= 0.6 is 0 Å². The number of Topliss-reactive ketones (excluding diaryl/α,β-unsaturated/α-hetero) is 1. The van der Waals surface area contributed by atoms with Crippen LogP contribution in [0.15, 0.2) is 52.7 Å². The first-order valence-electron chi connectivity index (χ1n) is 9.05. The van der Waals surface area contributed by atoms with Crippen LogP contribution in [-0.4, -0.2) is 60.9 Å². The molecule has 0 unspecified atom stereocenters. The fraction of sp³-hybridized carbons (Fsp3) is 0.333. The van der Waals surface area contributed by atoms with Crippen molar-refractivity contribution in [2.45, 2.75) is 12.5 Å². The molecule has 2 aromatic rings. The summed E-state index contributed by atoms with van der Waals surface area (Å²) in [5, 5.41) is 10.9. The number of ketones is 1. The molecule has 0 spiro atoms. The normalized spacial score (nSPS) is 18.9. The maximum absolute atomic E-state index is 12.8. The first kappa shape index (κ1) is 19.7. The molecule has 0 saturated carbocycles. The van der Waals surface area contributed by atoms with Crippen LogP contribution in [-0.2, 0) is 9.59 Å². The van der Waals surface area contributed by atoms with E-state index in [0.717, 1.165) is 6.54 Å². The Labute approximate surface area is 163 Å². The highest BCUT2D eigenvalue weighted by atomic mass is 16.5. The second-order valence-electron chi connectivity index (χ2n) is 6.90. The van der Waals surface area contributed by atoms with Crippen molar-refractivity contribution in [3.63, 3.8) is 0 Å². The lowest BCUT2D eigenvalue weighted by molar-refractivity contribution is -0.140. The van der Waals surface area contributed by atoms with Crippen LogP contribution in [0.3, 0.4) is 0 Å². The van der Waals surface area contributed by atoms with Crippen molar-refractivity contribution < 1.29 is 23.8 Å². The van der Waals surface area contributed by atoms with Crippen molar-refractivity contribution in [3.8, 4) is 5.75 Å². The Bertz CT molecular complexity index is 886. The van der Waals surface area contributed by atoms with Gasteiger partial charge in [-0.15, -0.1) is 0 Å². The number of carbonyl (C=O) groups is 2. The third kappa shape index (κ3) is 3.80. The van der Waals surface area contributed by atoms with Gasteiger partial charge in [-0.3, -0.25) is 9.59 Å². The van der Waals surface area contributed by atoms with E-state index in [0.29, 0.717) is 30.0 Å². The van der Waals surface area contributed by atoms with Gasteiger partial charge in [0.15, 0.2) is 0 Å². The van der Waals surface area contributed by atoms with Gasteiger partial charge in [-0.05, 0) is 51.3 Å². The molecule has 1 aromatic carbocycles. The van der Waals surface area contributed by atoms with Crippen LogP contribution in [0.2, 0.25) is 0 Å². The van der Waals surface area contributed by atoms with Crippen LogP contribution in [0, 0.1) is 0 Å². The number of hydrogen-bond donors (Lipinski definition) is 1. The standard InChI is InChI=1S/C21H24N2O5/c1-22(2)10-6-11-23-18(16-9-5-12-28-16)17(20(25)21(23)26)19(24)14-7-4-8-15(13-14)27-3/h4-5,7-9,12-13,18,24H,6,10-11H2,1-3H3/b19-17+/t18-/m1/s1. The number of likely N-dealkylation sites (tertiary alicyclic amines) is 1. The van der Waals surface area contributed by atoms with Crippen LogP contribution in [0.25, 0.3) is 5.76 Å². The number of carbonyl (C=O) groups excluding carboxylic acids is 2. The van der Waals surface area contributed by atoms with Gasteiger partial charge < -0.3 is 24.1 Å². The summed E-state index contributed by atoms with van der Waals surface area (Å²) < 4.78 is 10.7. The van der Waals surface area contributed by atoms with Gasteiger partial charge in [0, 0.05) is 12.1 Å². The van der Waals surface area contributed by atoms with E-state index in [1.165, 1.54) is 18.3 Å². The summed E-state index contributed by atoms with van der Waals surface area (Å²) in [5.41, 5.74) is 0.431. The molecule has 0 bridgehead atoms. The van der Waals surface area contributed by atoms with Gasteiger partial charge in [-0.1, -0.05) is 12.1 Å². The molecule has 7 heteroatoms. The zero-order chi connectivity index (χ0) is 20.3. The van der Waals surface area contributed by atoms with Crippen LogP contribution in [0.4, 0.5) is 0 Å². The molecule has 1 fully saturated rings. The molecule has 148 valence electrons. The molecule has 1 N–H and O–H groups in total. The van der Waals surface area contributed by atoms with Crippen LogP contribution in [0.1, 0.15) is 23.8 Å². The highest BCUT2D eigenvalue weighted by molar-refractivity contribution is 6.46. The lowest BCUT2D eigenvalue weighted by atomic mass is 9.99. The van der Waals surface area contributed by atoms with Gasteiger partial charge in [0.05, 0.1) is 18.9 Å². The van der Waals surface area contributed by atoms with Gasteiger partial charge in [-0.2, -0.15) is 0 Å². The third-order valence-electron chi connectivity index (χ3n) is 4.70. The molecule has 1 aliphatic rings. The van der Waals surface area contributed by atoms with E-state index in [1.54, 1.807) is 36.4 Å². The lowest BCUT2D eigenvalue weighted by Crippen LogP contribution is -2.32. The fourth-order valence-corrected chi connectivity index (χ4v) is 3.34. The Morgan fingerprint density at radius 1 is 1.25 bits per heavy atom. The highest BCUT2D eigenvalue weighted by Gasteiger charge is 2.47. The second kappa shape index (κ2) is 8.31. The molecular weight excluding hydrogens is 360 g/mol. The minimum absolute atomic E-state index is 0.0260. The van der Waals surface area contributed by atoms with E-state index < -0.39 is 17.7 Å². The number of amides is 1. The van der Waals surface area contributed by atoms with Gasteiger partial charge in [-0.25, -0.2) is 0 Å². The van der Waals surface area contributed by atoms with E-state index in [-0.39, 0.29) is 11.3 Å². The van der Waals surface area contributed by atoms with Gasteiger partial charge in [0.25, 0.3) is 11.7 Å². The molecule has 0 aliphatic carbocycles.